The number of carbonyl (C=O) groups excluding carboxylic acids is 1. The zero-order valence-corrected chi connectivity index (χ0v) is 11.7. The van der Waals surface area contributed by atoms with Crippen molar-refractivity contribution in [3.05, 3.63) is 58.9 Å². The van der Waals surface area contributed by atoms with Crippen LogP contribution in [-0.4, -0.2) is 13.0 Å². The fourth-order valence-corrected chi connectivity index (χ4v) is 1.98. The minimum absolute atomic E-state index is 0.0906. The van der Waals surface area contributed by atoms with Crippen LogP contribution in [0.5, 0.6) is 0 Å². The van der Waals surface area contributed by atoms with Gasteiger partial charge in [0.05, 0.1) is 11.3 Å². The van der Waals surface area contributed by atoms with Crippen LogP contribution in [0.4, 0.5) is 15.8 Å². The van der Waals surface area contributed by atoms with Gasteiger partial charge in [-0.25, -0.2) is 4.39 Å². The van der Waals surface area contributed by atoms with Crippen molar-refractivity contribution in [3.8, 4) is 6.07 Å². The highest BCUT2D eigenvalue weighted by Crippen LogP contribution is 2.19. The molecule has 0 aliphatic rings. The van der Waals surface area contributed by atoms with E-state index >= 15 is 0 Å². The Morgan fingerprint density at radius 3 is 2.62 bits per heavy atom. The lowest BCUT2D eigenvalue weighted by atomic mass is 10.1. The average molecular weight is 283 g/mol. The van der Waals surface area contributed by atoms with Crippen molar-refractivity contribution in [1.82, 2.24) is 0 Å². The number of rotatable bonds is 3. The highest BCUT2D eigenvalue weighted by molar-refractivity contribution is 6.06. The van der Waals surface area contributed by atoms with E-state index in [1.54, 1.807) is 19.2 Å². The standard InChI is InChI=1S/C16H14FN3O/c1-10-7-13(19-2)4-5-14(10)16(21)20-15-6-3-12(17)8-11(15)9-18/h3-8,19H,1-2H3,(H,20,21). The highest BCUT2D eigenvalue weighted by atomic mass is 19.1. The maximum Gasteiger partial charge on any atom is 0.255 e. The molecule has 4 nitrogen and oxygen atoms in total. The zero-order valence-electron chi connectivity index (χ0n) is 11.7. The first-order valence-corrected chi connectivity index (χ1v) is 6.34. The molecule has 5 heteroatoms. The van der Waals surface area contributed by atoms with Gasteiger partial charge in [-0.2, -0.15) is 5.26 Å². The molecule has 106 valence electrons. The Kier molecular flexibility index (Phi) is 4.19. The van der Waals surface area contributed by atoms with Crippen molar-refractivity contribution in [1.29, 1.82) is 5.26 Å². The number of benzene rings is 2. The van der Waals surface area contributed by atoms with Crippen LogP contribution in [0, 0.1) is 24.1 Å². The van der Waals surface area contributed by atoms with E-state index < -0.39 is 5.82 Å². The molecule has 0 fully saturated rings. The maximum atomic E-state index is 13.1. The Morgan fingerprint density at radius 1 is 1.24 bits per heavy atom. The monoisotopic (exact) mass is 283 g/mol. The van der Waals surface area contributed by atoms with Gasteiger partial charge in [0.25, 0.3) is 5.91 Å². The lowest BCUT2D eigenvalue weighted by molar-refractivity contribution is 0.102. The van der Waals surface area contributed by atoms with Crippen molar-refractivity contribution in [2.24, 2.45) is 0 Å². The van der Waals surface area contributed by atoms with Gasteiger partial charge in [0.1, 0.15) is 11.9 Å². The van der Waals surface area contributed by atoms with Gasteiger partial charge in [0, 0.05) is 18.3 Å². The Morgan fingerprint density at radius 2 is 2.00 bits per heavy atom. The number of carbonyl (C=O) groups is 1. The largest absolute Gasteiger partial charge is 0.388 e. The van der Waals surface area contributed by atoms with Crippen LogP contribution in [0.25, 0.3) is 0 Å². The number of nitrogens with one attached hydrogen (secondary N) is 2. The third-order valence-corrected chi connectivity index (χ3v) is 3.11. The molecule has 2 aromatic carbocycles. The number of anilines is 2. The summed E-state index contributed by atoms with van der Waals surface area (Å²) in [7, 11) is 1.80. The molecule has 1 amide bonds. The number of halogens is 1. The molecule has 0 aromatic heterocycles. The molecule has 0 heterocycles. The van der Waals surface area contributed by atoms with Gasteiger partial charge in [-0.05, 0) is 48.9 Å². The summed E-state index contributed by atoms with van der Waals surface area (Å²) in [5.41, 5.74) is 2.60. The highest BCUT2D eigenvalue weighted by Gasteiger charge is 2.12. The summed E-state index contributed by atoms with van der Waals surface area (Å²) in [5.74, 6) is -0.850. The quantitative estimate of drug-likeness (QED) is 0.908. The minimum Gasteiger partial charge on any atom is -0.388 e. The van der Waals surface area contributed by atoms with Crippen molar-refractivity contribution in [2.75, 3.05) is 17.7 Å². The summed E-state index contributed by atoms with van der Waals surface area (Å²) in [6, 6.07) is 10.9. The van der Waals surface area contributed by atoms with E-state index in [4.69, 9.17) is 5.26 Å². The molecular weight excluding hydrogens is 269 g/mol. The van der Waals surface area contributed by atoms with Crippen LogP contribution in [-0.2, 0) is 0 Å². The van der Waals surface area contributed by atoms with Crippen LogP contribution < -0.4 is 10.6 Å². The van der Waals surface area contributed by atoms with Crippen LogP contribution in [0.1, 0.15) is 21.5 Å². The Hall–Kier alpha value is -2.87. The van der Waals surface area contributed by atoms with Crippen molar-refractivity contribution >= 4 is 17.3 Å². The van der Waals surface area contributed by atoms with Gasteiger partial charge < -0.3 is 10.6 Å². The summed E-state index contributed by atoms with van der Waals surface area (Å²) < 4.78 is 13.1. The molecule has 0 saturated carbocycles. The van der Waals surface area contributed by atoms with Crippen LogP contribution in [0.15, 0.2) is 36.4 Å². The first-order valence-electron chi connectivity index (χ1n) is 6.34. The molecule has 0 aliphatic heterocycles. The molecule has 0 aliphatic carbocycles. The molecule has 0 radical (unpaired) electrons. The van der Waals surface area contributed by atoms with E-state index in [0.717, 1.165) is 17.3 Å². The molecule has 2 rings (SSSR count). The van der Waals surface area contributed by atoms with E-state index in [1.807, 2.05) is 19.1 Å². The third-order valence-electron chi connectivity index (χ3n) is 3.11. The Balaban J connectivity index is 2.29. The number of hydrogen-bond acceptors (Lipinski definition) is 3. The molecule has 2 aromatic rings. The van der Waals surface area contributed by atoms with Crippen LogP contribution in [0.3, 0.4) is 0 Å². The second kappa shape index (κ2) is 6.06. The second-order valence-electron chi connectivity index (χ2n) is 4.54. The van der Waals surface area contributed by atoms with Crippen molar-refractivity contribution in [2.45, 2.75) is 6.92 Å². The summed E-state index contributed by atoms with van der Waals surface area (Å²) in [6.45, 7) is 1.83. The molecule has 2 N–H and O–H groups in total. The van der Waals surface area contributed by atoms with Gasteiger partial charge in [-0.3, -0.25) is 4.79 Å². The van der Waals surface area contributed by atoms with Gasteiger partial charge in [0.2, 0.25) is 0 Å². The van der Waals surface area contributed by atoms with Gasteiger partial charge >= 0.3 is 0 Å². The second-order valence-corrected chi connectivity index (χ2v) is 4.54. The van der Waals surface area contributed by atoms with Crippen LogP contribution >= 0.6 is 0 Å². The van der Waals surface area contributed by atoms with E-state index in [2.05, 4.69) is 10.6 Å². The predicted molar refractivity (Wildman–Crippen MR) is 79.8 cm³/mol. The number of hydrogen-bond donors (Lipinski definition) is 2. The fourth-order valence-electron chi connectivity index (χ4n) is 1.98. The fraction of sp³-hybridized carbons (Fsp3) is 0.125. The lowest BCUT2D eigenvalue weighted by Crippen LogP contribution is -2.14. The first kappa shape index (κ1) is 14.5. The van der Waals surface area contributed by atoms with Gasteiger partial charge in [-0.1, -0.05) is 0 Å². The molecular formula is C16H14FN3O. The van der Waals surface area contributed by atoms with E-state index in [1.165, 1.54) is 12.1 Å². The number of aryl methyl sites for hydroxylation is 1. The van der Waals surface area contributed by atoms with E-state index in [0.29, 0.717) is 11.3 Å². The van der Waals surface area contributed by atoms with E-state index in [-0.39, 0.29) is 11.5 Å². The molecule has 0 bridgehead atoms. The minimum atomic E-state index is -0.515. The van der Waals surface area contributed by atoms with Crippen molar-refractivity contribution in [3.63, 3.8) is 0 Å². The maximum absolute atomic E-state index is 13.1. The number of amides is 1. The third kappa shape index (κ3) is 3.18. The Bertz CT molecular complexity index is 735. The SMILES string of the molecule is CNc1ccc(C(=O)Nc2ccc(F)cc2C#N)c(C)c1. The number of nitrogens with zero attached hydrogens (tertiary/aromatic N) is 1. The molecule has 21 heavy (non-hydrogen) atoms. The summed E-state index contributed by atoms with van der Waals surface area (Å²) in [6.07, 6.45) is 0. The summed E-state index contributed by atoms with van der Waals surface area (Å²) in [5, 5.41) is 14.6. The first-order chi connectivity index (χ1) is 10.0. The normalized spacial score (nSPS) is 9.81. The summed E-state index contributed by atoms with van der Waals surface area (Å²) >= 11 is 0. The zero-order chi connectivity index (χ0) is 15.4. The summed E-state index contributed by atoms with van der Waals surface area (Å²) in [4.78, 5) is 12.3. The van der Waals surface area contributed by atoms with Gasteiger partial charge in [-0.15, -0.1) is 0 Å². The number of nitriles is 1. The topological polar surface area (TPSA) is 64.9 Å². The average Bonchev–Trinajstić information content (AvgIpc) is 2.48. The van der Waals surface area contributed by atoms with Crippen LogP contribution in [0.2, 0.25) is 0 Å². The smallest absolute Gasteiger partial charge is 0.255 e. The molecule has 0 atom stereocenters. The lowest BCUT2D eigenvalue weighted by Gasteiger charge is -2.10. The molecule has 0 saturated heterocycles. The molecule has 0 spiro atoms. The predicted octanol–water partition coefficient (Wildman–Crippen LogP) is 3.30. The van der Waals surface area contributed by atoms with Gasteiger partial charge in [0.15, 0.2) is 0 Å². The molecule has 0 unspecified atom stereocenters. The Labute approximate surface area is 122 Å². The van der Waals surface area contributed by atoms with E-state index in [9.17, 15) is 9.18 Å². The van der Waals surface area contributed by atoms with Crippen molar-refractivity contribution < 1.29 is 9.18 Å².